The van der Waals surface area contributed by atoms with Crippen molar-refractivity contribution >= 4 is 0 Å². The van der Waals surface area contributed by atoms with Gasteiger partial charge < -0.3 is 14.8 Å². The monoisotopic (exact) mass is 277 g/mol. The Labute approximate surface area is 122 Å². The predicted octanol–water partition coefficient (Wildman–Crippen LogP) is 3.55. The molecule has 20 heavy (non-hydrogen) atoms. The van der Waals surface area contributed by atoms with Gasteiger partial charge in [0.1, 0.15) is 5.75 Å². The summed E-state index contributed by atoms with van der Waals surface area (Å²) in [4.78, 5) is 0. The third kappa shape index (κ3) is 5.14. The van der Waals surface area contributed by atoms with Crippen molar-refractivity contribution in [2.24, 2.45) is 5.92 Å². The van der Waals surface area contributed by atoms with Crippen LogP contribution >= 0.6 is 0 Å². The summed E-state index contributed by atoms with van der Waals surface area (Å²) in [7, 11) is 0. The van der Waals surface area contributed by atoms with Crippen molar-refractivity contribution in [1.29, 1.82) is 0 Å². The molecule has 2 rings (SSSR count). The molecular formula is C17H27NO2. The summed E-state index contributed by atoms with van der Waals surface area (Å²) in [6.45, 7) is 7.71. The minimum absolute atomic E-state index is 0.307. The van der Waals surface area contributed by atoms with Gasteiger partial charge in [-0.3, -0.25) is 0 Å². The fourth-order valence-electron chi connectivity index (χ4n) is 2.26. The highest BCUT2D eigenvalue weighted by Gasteiger charge is 2.20. The van der Waals surface area contributed by atoms with E-state index in [1.165, 1.54) is 18.4 Å². The minimum atomic E-state index is 0.307. The standard InChI is InChI=1S/C17H27NO2/c1-3-20-17-8-5-4-7-16(17)14(2)18-11-6-12-19-13-15-9-10-15/h4-5,7-8,14-15,18H,3,6,9-13H2,1-2H3. The molecule has 0 saturated heterocycles. The summed E-state index contributed by atoms with van der Waals surface area (Å²) in [5.74, 6) is 1.85. The molecule has 1 atom stereocenters. The Hall–Kier alpha value is -1.06. The maximum absolute atomic E-state index is 5.67. The topological polar surface area (TPSA) is 30.5 Å². The van der Waals surface area contributed by atoms with Crippen LogP contribution in [-0.4, -0.2) is 26.4 Å². The minimum Gasteiger partial charge on any atom is -0.494 e. The van der Waals surface area contributed by atoms with E-state index >= 15 is 0 Å². The first-order valence-corrected chi connectivity index (χ1v) is 7.84. The van der Waals surface area contributed by atoms with E-state index < -0.39 is 0 Å². The molecule has 3 heteroatoms. The quantitative estimate of drug-likeness (QED) is 0.663. The summed E-state index contributed by atoms with van der Waals surface area (Å²) >= 11 is 0. The van der Waals surface area contributed by atoms with Crippen LogP contribution in [0.2, 0.25) is 0 Å². The molecule has 1 aliphatic rings. The zero-order valence-corrected chi connectivity index (χ0v) is 12.7. The van der Waals surface area contributed by atoms with Gasteiger partial charge in [-0.1, -0.05) is 18.2 Å². The van der Waals surface area contributed by atoms with Gasteiger partial charge in [0, 0.05) is 24.8 Å². The molecule has 0 heterocycles. The van der Waals surface area contributed by atoms with Crippen molar-refractivity contribution in [1.82, 2.24) is 5.32 Å². The van der Waals surface area contributed by atoms with Crippen LogP contribution in [-0.2, 0) is 4.74 Å². The Balaban J connectivity index is 1.66. The first-order chi connectivity index (χ1) is 9.81. The number of para-hydroxylation sites is 1. The highest BCUT2D eigenvalue weighted by atomic mass is 16.5. The van der Waals surface area contributed by atoms with Gasteiger partial charge >= 0.3 is 0 Å². The lowest BCUT2D eigenvalue weighted by molar-refractivity contribution is 0.121. The van der Waals surface area contributed by atoms with Crippen molar-refractivity contribution in [3.8, 4) is 5.75 Å². The van der Waals surface area contributed by atoms with Gasteiger partial charge in [0.15, 0.2) is 0 Å². The Bertz CT molecular complexity index is 390. The molecule has 1 N–H and O–H groups in total. The van der Waals surface area contributed by atoms with E-state index in [1.807, 2.05) is 19.1 Å². The first kappa shape index (κ1) is 15.3. The molecule has 0 radical (unpaired) electrons. The Morgan fingerprint density at radius 1 is 1.30 bits per heavy atom. The van der Waals surface area contributed by atoms with E-state index in [1.54, 1.807) is 0 Å². The van der Waals surface area contributed by atoms with Crippen LogP contribution in [0.5, 0.6) is 5.75 Å². The number of hydrogen-bond acceptors (Lipinski definition) is 3. The summed E-state index contributed by atoms with van der Waals surface area (Å²) in [5, 5.41) is 3.54. The second kappa shape index (κ2) is 8.28. The SMILES string of the molecule is CCOc1ccccc1C(C)NCCCOCC1CC1. The van der Waals surface area contributed by atoms with E-state index in [0.29, 0.717) is 12.6 Å². The number of nitrogens with one attached hydrogen (secondary N) is 1. The Morgan fingerprint density at radius 2 is 2.10 bits per heavy atom. The molecule has 1 aromatic carbocycles. The van der Waals surface area contributed by atoms with Crippen molar-refractivity contribution in [3.05, 3.63) is 29.8 Å². The summed E-state index contributed by atoms with van der Waals surface area (Å²) in [6, 6.07) is 8.56. The van der Waals surface area contributed by atoms with Crippen LogP contribution in [0.15, 0.2) is 24.3 Å². The van der Waals surface area contributed by atoms with Gasteiger partial charge in [-0.2, -0.15) is 0 Å². The van der Waals surface area contributed by atoms with Crippen LogP contribution in [0, 0.1) is 5.92 Å². The maximum Gasteiger partial charge on any atom is 0.124 e. The van der Waals surface area contributed by atoms with Crippen molar-refractivity contribution in [2.45, 2.75) is 39.2 Å². The molecule has 0 aliphatic heterocycles. The molecule has 0 aromatic heterocycles. The number of rotatable bonds is 10. The number of hydrogen-bond donors (Lipinski definition) is 1. The summed E-state index contributed by atoms with van der Waals surface area (Å²) in [5.41, 5.74) is 1.23. The molecule has 3 nitrogen and oxygen atoms in total. The van der Waals surface area contributed by atoms with Crippen LogP contribution < -0.4 is 10.1 Å². The fraction of sp³-hybridized carbons (Fsp3) is 0.647. The van der Waals surface area contributed by atoms with Crippen LogP contribution in [0.3, 0.4) is 0 Å². The average Bonchev–Trinajstić information content (AvgIpc) is 3.27. The molecule has 0 spiro atoms. The van der Waals surface area contributed by atoms with Crippen molar-refractivity contribution in [3.63, 3.8) is 0 Å². The Morgan fingerprint density at radius 3 is 2.85 bits per heavy atom. The highest BCUT2D eigenvalue weighted by molar-refractivity contribution is 5.35. The average molecular weight is 277 g/mol. The number of benzene rings is 1. The first-order valence-electron chi connectivity index (χ1n) is 7.84. The molecule has 0 amide bonds. The lowest BCUT2D eigenvalue weighted by Gasteiger charge is -2.18. The maximum atomic E-state index is 5.67. The van der Waals surface area contributed by atoms with Crippen LogP contribution in [0.4, 0.5) is 0 Å². The molecule has 0 bridgehead atoms. The molecule has 1 aliphatic carbocycles. The lowest BCUT2D eigenvalue weighted by Crippen LogP contribution is -2.21. The van der Waals surface area contributed by atoms with Gasteiger partial charge in [-0.05, 0) is 51.6 Å². The second-order valence-electron chi connectivity index (χ2n) is 5.52. The van der Waals surface area contributed by atoms with E-state index in [4.69, 9.17) is 9.47 Å². The third-order valence-corrected chi connectivity index (χ3v) is 3.65. The zero-order valence-electron chi connectivity index (χ0n) is 12.7. The third-order valence-electron chi connectivity index (χ3n) is 3.65. The summed E-state index contributed by atoms with van der Waals surface area (Å²) in [6.07, 6.45) is 3.79. The smallest absolute Gasteiger partial charge is 0.124 e. The van der Waals surface area contributed by atoms with E-state index in [-0.39, 0.29) is 0 Å². The molecule has 1 saturated carbocycles. The van der Waals surface area contributed by atoms with Crippen molar-refractivity contribution < 1.29 is 9.47 Å². The Kier molecular flexibility index (Phi) is 6.34. The predicted molar refractivity (Wildman–Crippen MR) is 82.2 cm³/mol. The van der Waals surface area contributed by atoms with Crippen molar-refractivity contribution in [2.75, 3.05) is 26.4 Å². The molecular weight excluding hydrogens is 250 g/mol. The van der Waals surface area contributed by atoms with Gasteiger partial charge in [0.25, 0.3) is 0 Å². The zero-order chi connectivity index (χ0) is 14.2. The summed E-state index contributed by atoms with van der Waals surface area (Å²) < 4.78 is 11.3. The molecule has 1 fully saturated rings. The fourth-order valence-corrected chi connectivity index (χ4v) is 2.26. The van der Waals surface area contributed by atoms with E-state index in [0.717, 1.165) is 37.8 Å². The van der Waals surface area contributed by atoms with E-state index in [2.05, 4.69) is 24.4 Å². The van der Waals surface area contributed by atoms with Gasteiger partial charge in [0.2, 0.25) is 0 Å². The van der Waals surface area contributed by atoms with Crippen LogP contribution in [0.25, 0.3) is 0 Å². The van der Waals surface area contributed by atoms with Gasteiger partial charge in [0.05, 0.1) is 6.61 Å². The molecule has 112 valence electrons. The normalized spacial score (nSPS) is 16.1. The van der Waals surface area contributed by atoms with Crippen LogP contribution in [0.1, 0.15) is 44.7 Å². The second-order valence-corrected chi connectivity index (χ2v) is 5.52. The largest absolute Gasteiger partial charge is 0.494 e. The molecule has 1 unspecified atom stereocenters. The van der Waals surface area contributed by atoms with Gasteiger partial charge in [-0.25, -0.2) is 0 Å². The lowest BCUT2D eigenvalue weighted by atomic mass is 10.1. The van der Waals surface area contributed by atoms with E-state index in [9.17, 15) is 0 Å². The number of ether oxygens (including phenoxy) is 2. The highest BCUT2D eigenvalue weighted by Crippen LogP contribution is 2.28. The van der Waals surface area contributed by atoms with Gasteiger partial charge in [-0.15, -0.1) is 0 Å². The molecule has 1 aromatic rings.